The Morgan fingerprint density at radius 1 is 0.967 bits per heavy atom. The van der Waals surface area contributed by atoms with Crippen molar-refractivity contribution in [2.75, 3.05) is 4.72 Å². The standard InChI is InChI=1S/C21H29N3O4S2/c1-16(14-17-6-2-3-7-17)23-15-18-8-4-5-9-21(18)24-30(27,28)20-12-10-19(11-13-20)29(22,25)26/h4-5,8-13,16-17,23-24H,2-3,6-7,14-15H2,1H3,(H2,22,25,26)/t16-/m0/s1. The summed E-state index contributed by atoms with van der Waals surface area (Å²) in [5.74, 6) is 0.779. The maximum Gasteiger partial charge on any atom is 0.261 e. The predicted molar refractivity (Wildman–Crippen MR) is 118 cm³/mol. The molecule has 1 fully saturated rings. The third-order valence-corrected chi connectivity index (χ3v) is 7.84. The van der Waals surface area contributed by atoms with Gasteiger partial charge in [0.05, 0.1) is 15.5 Å². The van der Waals surface area contributed by atoms with Gasteiger partial charge in [0.15, 0.2) is 0 Å². The van der Waals surface area contributed by atoms with Crippen LogP contribution in [0, 0.1) is 5.92 Å². The first-order chi connectivity index (χ1) is 14.1. The van der Waals surface area contributed by atoms with Gasteiger partial charge >= 0.3 is 0 Å². The van der Waals surface area contributed by atoms with Gasteiger partial charge in [-0.05, 0) is 55.2 Å². The normalized spacial score (nSPS) is 16.5. The number of hydrogen-bond acceptors (Lipinski definition) is 5. The van der Waals surface area contributed by atoms with Crippen LogP contribution < -0.4 is 15.2 Å². The van der Waals surface area contributed by atoms with Crippen LogP contribution in [0.15, 0.2) is 58.3 Å². The van der Waals surface area contributed by atoms with Crippen molar-refractivity contribution in [2.45, 2.75) is 61.4 Å². The molecule has 2 aromatic rings. The quantitative estimate of drug-likeness (QED) is 0.541. The zero-order valence-electron chi connectivity index (χ0n) is 17.0. The molecule has 2 aromatic carbocycles. The predicted octanol–water partition coefficient (Wildman–Crippen LogP) is 3.19. The van der Waals surface area contributed by atoms with Crippen molar-refractivity contribution >= 4 is 25.7 Å². The highest BCUT2D eigenvalue weighted by Gasteiger charge is 2.19. The van der Waals surface area contributed by atoms with Crippen LogP contribution in [-0.4, -0.2) is 22.9 Å². The Balaban J connectivity index is 1.68. The lowest BCUT2D eigenvalue weighted by atomic mass is 9.99. The lowest BCUT2D eigenvalue weighted by Crippen LogP contribution is -2.28. The van der Waals surface area contributed by atoms with Gasteiger partial charge in [-0.1, -0.05) is 43.9 Å². The molecule has 0 saturated heterocycles. The van der Waals surface area contributed by atoms with Crippen molar-refractivity contribution in [1.29, 1.82) is 0 Å². The molecule has 0 aromatic heterocycles. The van der Waals surface area contributed by atoms with Gasteiger partial charge in [0, 0.05) is 12.6 Å². The molecule has 0 amide bonds. The summed E-state index contributed by atoms with van der Waals surface area (Å²) in [6.45, 7) is 2.72. The first-order valence-electron chi connectivity index (χ1n) is 10.1. The molecule has 0 bridgehead atoms. The van der Waals surface area contributed by atoms with Crippen molar-refractivity contribution < 1.29 is 16.8 Å². The highest BCUT2D eigenvalue weighted by atomic mass is 32.2. The van der Waals surface area contributed by atoms with Crippen LogP contribution in [0.4, 0.5) is 5.69 Å². The highest BCUT2D eigenvalue weighted by Crippen LogP contribution is 2.28. The van der Waals surface area contributed by atoms with Crippen molar-refractivity contribution in [3.05, 3.63) is 54.1 Å². The zero-order chi connectivity index (χ0) is 21.8. The third kappa shape index (κ3) is 6.04. The van der Waals surface area contributed by atoms with Crippen LogP contribution in [-0.2, 0) is 26.6 Å². The summed E-state index contributed by atoms with van der Waals surface area (Å²) in [7, 11) is -7.75. The molecule has 1 atom stereocenters. The Bertz CT molecular complexity index is 1060. The summed E-state index contributed by atoms with van der Waals surface area (Å²) in [6, 6.07) is 12.4. The number of anilines is 1. The van der Waals surface area contributed by atoms with Crippen molar-refractivity contribution in [3.8, 4) is 0 Å². The van der Waals surface area contributed by atoms with E-state index in [2.05, 4.69) is 17.0 Å². The van der Waals surface area contributed by atoms with E-state index >= 15 is 0 Å². The molecule has 0 unspecified atom stereocenters. The average molecular weight is 452 g/mol. The number of nitrogens with two attached hydrogens (primary N) is 1. The summed E-state index contributed by atoms with van der Waals surface area (Å²) in [6.07, 6.45) is 6.37. The van der Waals surface area contributed by atoms with E-state index in [1.807, 2.05) is 12.1 Å². The van der Waals surface area contributed by atoms with E-state index in [0.29, 0.717) is 18.3 Å². The molecule has 4 N–H and O–H groups in total. The zero-order valence-corrected chi connectivity index (χ0v) is 18.7. The second kappa shape index (κ2) is 9.47. The van der Waals surface area contributed by atoms with Crippen LogP contribution in [0.1, 0.15) is 44.6 Å². The van der Waals surface area contributed by atoms with Crippen LogP contribution in [0.2, 0.25) is 0 Å². The van der Waals surface area contributed by atoms with Crippen molar-refractivity contribution in [1.82, 2.24) is 5.32 Å². The molecule has 0 aliphatic heterocycles. The van der Waals surface area contributed by atoms with Crippen LogP contribution in [0.5, 0.6) is 0 Å². The first-order valence-corrected chi connectivity index (χ1v) is 13.1. The Labute approximate surface area is 179 Å². The summed E-state index contributed by atoms with van der Waals surface area (Å²) in [5, 5.41) is 8.57. The van der Waals surface area contributed by atoms with E-state index in [9.17, 15) is 16.8 Å². The number of sulfonamides is 2. The van der Waals surface area contributed by atoms with Gasteiger partial charge in [-0.25, -0.2) is 22.0 Å². The van der Waals surface area contributed by atoms with E-state index in [1.54, 1.807) is 12.1 Å². The molecule has 7 nitrogen and oxygen atoms in total. The second-order valence-corrected chi connectivity index (χ2v) is 11.2. The fraction of sp³-hybridized carbons (Fsp3) is 0.429. The molecule has 1 aliphatic rings. The maximum atomic E-state index is 12.8. The van der Waals surface area contributed by atoms with Crippen molar-refractivity contribution in [2.24, 2.45) is 11.1 Å². The van der Waals surface area contributed by atoms with E-state index in [4.69, 9.17) is 5.14 Å². The van der Waals surface area contributed by atoms with Gasteiger partial charge in [-0.15, -0.1) is 0 Å². The summed E-state index contributed by atoms with van der Waals surface area (Å²) in [4.78, 5) is -0.172. The number of benzene rings is 2. The average Bonchev–Trinajstić information content (AvgIpc) is 3.19. The lowest BCUT2D eigenvalue weighted by molar-refractivity contribution is 0.404. The van der Waals surface area contributed by atoms with E-state index in [-0.39, 0.29) is 9.79 Å². The SMILES string of the molecule is C[C@@H](CC1CCCC1)NCc1ccccc1NS(=O)(=O)c1ccc(S(N)(=O)=O)cc1. The Morgan fingerprint density at radius 3 is 2.20 bits per heavy atom. The number of nitrogens with one attached hydrogen (secondary N) is 2. The van der Waals surface area contributed by atoms with Crippen LogP contribution in [0.25, 0.3) is 0 Å². The van der Waals surface area contributed by atoms with E-state index < -0.39 is 20.0 Å². The van der Waals surface area contributed by atoms with Gasteiger partial charge in [-0.3, -0.25) is 4.72 Å². The summed E-state index contributed by atoms with van der Waals surface area (Å²) >= 11 is 0. The molecule has 9 heteroatoms. The maximum absolute atomic E-state index is 12.8. The molecule has 1 saturated carbocycles. The van der Waals surface area contributed by atoms with E-state index in [0.717, 1.165) is 17.9 Å². The third-order valence-electron chi connectivity index (χ3n) is 5.53. The number of para-hydroxylation sites is 1. The lowest BCUT2D eigenvalue weighted by Gasteiger charge is -2.19. The molecule has 0 heterocycles. The van der Waals surface area contributed by atoms with Crippen LogP contribution >= 0.6 is 0 Å². The molecule has 0 spiro atoms. The Morgan fingerprint density at radius 2 is 1.57 bits per heavy atom. The van der Waals surface area contributed by atoms with Gasteiger partial charge < -0.3 is 5.32 Å². The number of rotatable bonds is 9. The van der Waals surface area contributed by atoms with Gasteiger partial charge in [0.25, 0.3) is 10.0 Å². The van der Waals surface area contributed by atoms with Gasteiger partial charge in [0.1, 0.15) is 0 Å². The fourth-order valence-electron chi connectivity index (χ4n) is 3.90. The highest BCUT2D eigenvalue weighted by molar-refractivity contribution is 7.92. The Hall–Kier alpha value is -1.94. The minimum absolute atomic E-state index is 0.0349. The molecule has 164 valence electrons. The molecule has 0 radical (unpaired) electrons. The number of hydrogen-bond donors (Lipinski definition) is 3. The second-order valence-electron chi connectivity index (χ2n) is 7.95. The molecular formula is C21H29N3O4S2. The first kappa shape index (κ1) is 22.7. The molecule has 3 rings (SSSR count). The van der Waals surface area contributed by atoms with Crippen molar-refractivity contribution in [3.63, 3.8) is 0 Å². The molecule has 30 heavy (non-hydrogen) atoms. The van der Waals surface area contributed by atoms with Crippen LogP contribution in [0.3, 0.4) is 0 Å². The van der Waals surface area contributed by atoms with Gasteiger partial charge in [-0.2, -0.15) is 0 Å². The smallest absolute Gasteiger partial charge is 0.261 e. The minimum Gasteiger partial charge on any atom is -0.310 e. The fourth-order valence-corrected chi connectivity index (χ4v) is 5.52. The molecular weight excluding hydrogens is 422 g/mol. The Kier molecular flexibility index (Phi) is 7.18. The monoisotopic (exact) mass is 451 g/mol. The van der Waals surface area contributed by atoms with E-state index in [1.165, 1.54) is 49.9 Å². The summed E-state index contributed by atoms with van der Waals surface area (Å²) < 4.78 is 50.9. The number of primary sulfonamides is 1. The summed E-state index contributed by atoms with van der Waals surface area (Å²) in [5.41, 5.74) is 1.34. The topological polar surface area (TPSA) is 118 Å². The largest absolute Gasteiger partial charge is 0.310 e. The molecule has 1 aliphatic carbocycles. The van der Waals surface area contributed by atoms with Gasteiger partial charge in [0.2, 0.25) is 10.0 Å². The minimum atomic E-state index is -3.88.